The smallest absolute Gasteiger partial charge is 0.488 e. The average Bonchev–Trinajstić information content (AvgIpc) is 3.38. The predicted molar refractivity (Wildman–Crippen MR) is 275 cm³/mol. The van der Waals surface area contributed by atoms with Gasteiger partial charge in [-0.2, -0.15) is 15.0 Å². The van der Waals surface area contributed by atoms with Gasteiger partial charge in [0.1, 0.15) is 46.0 Å². The Morgan fingerprint density at radius 3 is 0.946 bits per heavy atom. The molecule has 0 aliphatic heterocycles. The molecule has 0 amide bonds. The highest BCUT2D eigenvalue weighted by molar-refractivity contribution is 6.58. The highest BCUT2D eigenvalue weighted by atomic mass is 16.5. The van der Waals surface area contributed by atoms with Crippen molar-refractivity contribution in [2.24, 2.45) is 0 Å². The Labute approximate surface area is 426 Å². The number of carbonyl (C=O) groups is 2. The molecule has 1 aromatic heterocycles. The molecule has 384 valence electrons. The van der Waals surface area contributed by atoms with Crippen molar-refractivity contribution in [1.82, 2.24) is 15.0 Å². The monoisotopic (exact) mass is 1010 g/mol. The fourth-order valence-electron chi connectivity index (χ4n) is 6.87. The van der Waals surface area contributed by atoms with E-state index in [1.165, 1.54) is 24.3 Å². The summed E-state index contributed by atoms with van der Waals surface area (Å²) in [6, 6.07) is 35.6. The van der Waals surface area contributed by atoms with Crippen LogP contribution < -0.4 is 40.4 Å². The van der Waals surface area contributed by atoms with Gasteiger partial charge in [0, 0.05) is 29.2 Å². The summed E-state index contributed by atoms with van der Waals surface area (Å²) in [4.78, 5) is 38.4. The third-order valence-corrected chi connectivity index (χ3v) is 10.6. The van der Waals surface area contributed by atoms with Crippen LogP contribution in [-0.2, 0) is 9.47 Å². The van der Waals surface area contributed by atoms with Crippen molar-refractivity contribution in [1.29, 1.82) is 0 Å². The molecule has 6 aromatic carbocycles. The summed E-state index contributed by atoms with van der Waals surface area (Å²) in [5.41, 5.74) is 2.55. The highest BCUT2D eigenvalue weighted by Gasteiger charge is 2.14. The van der Waals surface area contributed by atoms with Crippen LogP contribution in [0.1, 0.15) is 59.2 Å². The van der Waals surface area contributed by atoms with E-state index in [0.29, 0.717) is 97.6 Å². The number of esters is 2. The van der Waals surface area contributed by atoms with Crippen molar-refractivity contribution in [2.45, 2.75) is 38.5 Å². The van der Waals surface area contributed by atoms with E-state index in [1.807, 2.05) is 48.5 Å². The van der Waals surface area contributed by atoms with Crippen molar-refractivity contribution in [3.8, 4) is 46.0 Å². The molecule has 7 aromatic rings. The van der Waals surface area contributed by atoms with Gasteiger partial charge < -0.3 is 74.8 Å². The fraction of sp³-hybridized carbons (Fsp3) is 0.226. The van der Waals surface area contributed by atoms with Gasteiger partial charge in [-0.3, -0.25) is 0 Å². The zero-order valence-electron chi connectivity index (χ0n) is 40.1. The fourth-order valence-corrected chi connectivity index (χ4v) is 6.87. The number of nitrogens with one attached hydrogen (secondary N) is 3. The van der Waals surface area contributed by atoms with Crippen molar-refractivity contribution in [3.63, 3.8) is 0 Å². The Kier molecular flexibility index (Phi) is 19.3. The number of aromatic hydroxyl groups is 4. The van der Waals surface area contributed by atoms with Crippen LogP contribution in [0, 0.1) is 0 Å². The first-order valence-corrected chi connectivity index (χ1v) is 23.7. The summed E-state index contributed by atoms with van der Waals surface area (Å²) in [6.07, 6.45) is 3.80. The van der Waals surface area contributed by atoms with Gasteiger partial charge in [0.05, 0.1) is 50.8 Å². The van der Waals surface area contributed by atoms with Gasteiger partial charge >= 0.3 is 19.1 Å². The lowest BCUT2D eigenvalue weighted by molar-refractivity contribution is 0.0484. The molecule has 21 heteroatoms. The third-order valence-electron chi connectivity index (χ3n) is 10.6. The van der Waals surface area contributed by atoms with Gasteiger partial charge in [-0.15, -0.1) is 0 Å². The summed E-state index contributed by atoms with van der Waals surface area (Å²) >= 11 is 0. The lowest BCUT2D eigenvalue weighted by Crippen LogP contribution is -2.29. The highest BCUT2D eigenvalue weighted by Crippen LogP contribution is 2.26. The van der Waals surface area contributed by atoms with Crippen molar-refractivity contribution < 1.29 is 68.5 Å². The summed E-state index contributed by atoms with van der Waals surface area (Å²) in [7, 11) is -1.52. The topological polar surface area (TPSA) is 286 Å². The number of hydrogen-bond acceptors (Lipinski definition) is 20. The molecule has 0 fully saturated rings. The second kappa shape index (κ2) is 27.0. The molecule has 0 radical (unpaired) electrons. The number of unbranched alkanes of at least 4 members (excludes halogenated alkanes) is 3. The van der Waals surface area contributed by atoms with E-state index in [1.54, 1.807) is 48.5 Å². The predicted octanol–water partition coefficient (Wildman–Crippen LogP) is 7.87. The van der Waals surface area contributed by atoms with Gasteiger partial charge in [0.2, 0.25) is 17.8 Å². The van der Waals surface area contributed by atoms with Crippen molar-refractivity contribution >= 4 is 59.4 Å². The van der Waals surface area contributed by atoms with Gasteiger partial charge in [0.15, 0.2) is 0 Å². The minimum Gasteiger partial charge on any atom is -0.508 e. The van der Waals surface area contributed by atoms with Crippen LogP contribution in [0.3, 0.4) is 0 Å². The molecule has 0 unspecified atom stereocenters. The number of ether oxygens (including phenoxy) is 6. The first-order chi connectivity index (χ1) is 35.9. The van der Waals surface area contributed by atoms with E-state index in [9.17, 15) is 40.1 Å². The molecule has 0 bridgehead atoms. The summed E-state index contributed by atoms with van der Waals surface area (Å²) in [5.74, 6) is 1.06. The number of phenols is 4. The van der Waals surface area contributed by atoms with E-state index in [-0.39, 0.29) is 65.2 Å². The molecule has 7 rings (SSSR count). The third kappa shape index (κ3) is 17.4. The van der Waals surface area contributed by atoms with Crippen LogP contribution in [0.2, 0.25) is 0 Å². The Balaban J connectivity index is 0.899. The van der Waals surface area contributed by atoms with Crippen LogP contribution >= 0.6 is 0 Å². The second-order valence-electron chi connectivity index (χ2n) is 16.5. The van der Waals surface area contributed by atoms with Gasteiger partial charge in [0.25, 0.3) is 0 Å². The molecule has 74 heavy (non-hydrogen) atoms. The Morgan fingerprint density at radius 1 is 0.392 bits per heavy atom. The number of carbonyl (C=O) groups excluding carboxylic acids is 2. The number of nitrogens with zero attached hydrogens (tertiary/aromatic N) is 3. The molecule has 0 saturated carbocycles. The molecule has 0 atom stereocenters. The lowest BCUT2D eigenvalue weighted by Gasteiger charge is -2.13. The standard InChI is InChI=1S/C53H55BN6O14/c61-41-29-35(30-42(62)33-41)49(65)73-27-5-3-25-71-47-19-11-39(12-20-47)56-52-58-51(55-38-9-17-46(18-10-38)70-24-2-1-23-69-45-15-7-37(8-16-45)54(67)68)59-53(60-52)57-40-13-21-48(22-14-40)72-26-4-6-28-74-50(66)36-31-43(63)34-44(64)32-36/h7-22,29-34,61-64,67-68H,1-6,23-28H2,(H3,55,56,57,58,59,60). The quantitative estimate of drug-likeness (QED) is 0.0128. The molecule has 0 saturated heterocycles. The van der Waals surface area contributed by atoms with Crippen molar-refractivity contribution in [3.05, 3.63) is 145 Å². The van der Waals surface area contributed by atoms with Crippen molar-refractivity contribution in [2.75, 3.05) is 55.6 Å². The molecule has 0 aliphatic rings. The Hall–Kier alpha value is -8.95. The number of benzene rings is 6. The van der Waals surface area contributed by atoms with Gasteiger partial charge in [-0.05, 0) is 153 Å². The van der Waals surface area contributed by atoms with E-state index >= 15 is 0 Å². The van der Waals surface area contributed by atoms with Crippen LogP contribution in [0.5, 0.6) is 46.0 Å². The maximum Gasteiger partial charge on any atom is 0.488 e. The average molecular weight is 1010 g/mol. The maximum atomic E-state index is 12.3. The lowest BCUT2D eigenvalue weighted by atomic mass is 9.80. The number of rotatable bonds is 28. The van der Waals surface area contributed by atoms with Crippen LogP contribution in [-0.4, -0.2) is 104 Å². The molecule has 0 aliphatic carbocycles. The second-order valence-corrected chi connectivity index (χ2v) is 16.5. The zero-order chi connectivity index (χ0) is 52.1. The minimum absolute atomic E-state index is 0.0559. The summed E-state index contributed by atoms with van der Waals surface area (Å²) in [5, 5.41) is 66.7. The zero-order valence-corrected chi connectivity index (χ0v) is 40.1. The number of phenolic OH excluding ortho intramolecular Hbond substituents is 4. The Morgan fingerprint density at radius 2 is 0.662 bits per heavy atom. The molecular formula is C53H55BN6O14. The maximum absolute atomic E-state index is 12.3. The number of hydrogen-bond donors (Lipinski definition) is 9. The van der Waals surface area contributed by atoms with E-state index in [4.69, 9.17) is 28.4 Å². The number of aromatic nitrogens is 3. The van der Waals surface area contributed by atoms with Crippen LogP contribution in [0.4, 0.5) is 34.9 Å². The summed E-state index contributed by atoms with van der Waals surface area (Å²) < 4.78 is 34.0. The first-order valence-electron chi connectivity index (χ1n) is 23.7. The van der Waals surface area contributed by atoms with E-state index in [2.05, 4.69) is 30.9 Å². The normalized spacial score (nSPS) is 10.7. The molecule has 9 N–H and O–H groups in total. The first kappa shape index (κ1) is 52.9. The largest absolute Gasteiger partial charge is 0.508 e. The minimum atomic E-state index is -1.52. The van der Waals surface area contributed by atoms with Gasteiger partial charge in [-0.1, -0.05) is 12.1 Å². The van der Waals surface area contributed by atoms with Crippen LogP contribution in [0.25, 0.3) is 0 Å². The van der Waals surface area contributed by atoms with E-state index < -0.39 is 19.1 Å². The van der Waals surface area contributed by atoms with Crippen LogP contribution in [0.15, 0.2) is 133 Å². The Bertz CT molecular complexity index is 2720. The molecule has 1 heterocycles. The molecule has 0 spiro atoms. The van der Waals surface area contributed by atoms with E-state index in [0.717, 1.165) is 25.0 Å². The SMILES string of the molecule is O=C(OCCCCOc1ccc(Nc2nc(Nc3ccc(OCCCCOC(=O)c4cc(O)cc(O)c4)cc3)nc(Nc3ccc(OCCCCOc4ccc(B(O)O)cc4)cc3)n2)cc1)c1cc(O)cc(O)c1. The number of anilines is 6. The molecule has 20 nitrogen and oxygen atoms in total. The van der Waals surface area contributed by atoms with Gasteiger partial charge in [-0.25, -0.2) is 9.59 Å². The summed E-state index contributed by atoms with van der Waals surface area (Å²) in [6.45, 7) is 1.99. The molecular weight excluding hydrogens is 955 g/mol.